The van der Waals surface area contributed by atoms with Crippen LogP contribution in [0.25, 0.3) is 44.0 Å². The van der Waals surface area contributed by atoms with E-state index in [-0.39, 0.29) is 0 Å². The third-order valence-electron chi connectivity index (χ3n) is 7.65. The number of nitrogens with one attached hydrogen (secondary N) is 2. The molecule has 6 N–H and O–H groups in total. The number of aryl methyl sites for hydroxylation is 3. The molecule has 0 bridgehead atoms. The minimum Gasteiger partial charge on any atom is -0.385 e. The number of pyridine rings is 1. The van der Waals surface area contributed by atoms with Gasteiger partial charge in [-0.25, -0.2) is 29.9 Å². The maximum absolute atomic E-state index is 5.90. The van der Waals surface area contributed by atoms with Gasteiger partial charge in [0.1, 0.15) is 23.7 Å². The van der Waals surface area contributed by atoms with Gasteiger partial charge in [-0.05, 0) is 49.4 Å². The average molecular weight is 574 g/mol. The number of nitrogen functional groups attached to an aromatic ring is 2. The van der Waals surface area contributed by atoms with Crippen molar-refractivity contribution in [2.45, 2.75) is 32.9 Å². The predicted molar refractivity (Wildman–Crippen MR) is 170 cm³/mol. The van der Waals surface area contributed by atoms with E-state index in [1.54, 1.807) is 12.7 Å². The predicted octanol–water partition coefficient (Wildman–Crippen LogP) is 4.14. The quantitative estimate of drug-likeness (QED) is 0.137. The number of aromatic nitrogens is 9. The van der Waals surface area contributed by atoms with E-state index in [1.165, 1.54) is 18.0 Å². The Labute approximate surface area is 246 Å². The van der Waals surface area contributed by atoms with E-state index in [4.69, 9.17) is 16.5 Å². The molecule has 0 saturated carbocycles. The van der Waals surface area contributed by atoms with Crippen LogP contribution in [0.3, 0.4) is 0 Å². The first kappa shape index (κ1) is 26.3. The summed E-state index contributed by atoms with van der Waals surface area (Å²) in [5, 5.41) is 10.5. The van der Waals surface area contributed by atoms with E-state index in [9.17, 15) is 0 Å². The van der Waals surface area contributed by atoms with Crippen molar-refractivity contribution in [3.05, 3.63) is 67.4 Å². The van der Waals surface area contributed by atoms with Crippen LogP contribution in [0.4, 0.5) is 23.0 Å². The molecule has 7 aromatic rings. The van der Waals surface area contributed by atoms with Crippen molar-refractivity contribution in [2.24, 2.45) is 0 Å². The van der Waals surface area contributed by atoms with Crippen molar-refractivity contribution in [3.63, 3.8) is 0 Å². The molecule has 5 aromatic heterocycles. The number of rotatable bonds is 10. The highest BCUT2D eigenvalue weighted by atomic mass is 15.1. The molecule has 0 aliphatic carbocycles. The van der Waals surface area contributed by atoms with Gasteiger partial charge in [-0.1, -0.05) is 12.1 Å². The van der Waals surface area contributed by atoms with Gasteiger partial charge in [-0.3, -0.25) is 4.98 Å². The summed E-state index contributed by atoms with van der Waals surface area (Å²) >= 11 is 0. The molecule has 0 spiro atoms. The number of anilines is 4. The van der Waals surface area contributed by atoms with Gasteiger partial charge >= 0.3 is 0 Å². The van der Waals surface area contributed by atoms with Crippen molar-refractivity contribution >= 4 is 67.0 Å². The first-order chi connectivity index (χ1) is 21.0. The van der Waals surface area contributed by atoms with Crippen molar-refractivity contribution in [3.8, 4) is 0 Å². The molecule has 0 aliphatic heterocycles. The normalized spacial score (nSPS) is 11.7. The summed E-state index contributed by atoms with van der Waals surface area (Å²) in [5.41, 5.74) is 18.7. The van der Waals surface area contributed by atoms with Gasteiger partial charge in [0.25, 0.3) is 0 Å². The maximum Gasteiger partial charge on any atom is 0.165 e. The van der Waals surface area contributed by atoms with Crippen LogP contribution < -0.4 is 22.1 Å². The molecule has 0 fully saturated rings. The van der Waals surface area contributed by atoms with Crippen LogP contribution in [0, 0.1) is 6.92 Å². The van der Waals surface area contributed by atoms with Gasteiger partial charge in [-0.15, -0.1) is 0 Å². The molecule has 0 saturated heterocycles. The number of hydrogen-bond donors (Lipinski definition) is 4. The molecule has 0 atom stereocenters. The SMILES string of the molecule is Cc1nc2cc(NCCCn3cnc4c(N)ncnc43)ccc2c2ccc(NCCCn3cnc4c(N)ncnc43)cc12. The largest absolute Gasteiger partial charge is 0.385 e. The summed E-state index contributed by atoms with van der Waals surface area (Å²) in [6.45, 7) is 5.22. The van der Waals surface area contributed by atoms with Gasteiger partial charge < -0.3 is 31.2 Å². The zero-order valence-corrected chi connectivity index (χ0v) is 23.7. The fourth-order valence-electron chi connectivity index (χ4n) is 5.48. The van der Waals surface area contributed by atoms with Crippen molar-refractivity contribution in [1.82, 2.24) is 44.0 Å². The highest BCUT2D eigenvalue weighted by molar-refractivity contribution is 6.08. The lowest BCUT2D eigenvalue weighted by atomic mass is 10.0. The molecule has 0 aliphatic rings. The molecule has 13 nitrogen and oxygen atoms in total. The summed E-state index contributed by atoms with van der Waals surface area (Å²) in [6.07, 6.45) is 8.28. The number of imidazole rings is 2. The van der Waals surface area contributed by atoms with Crippen LogP contribution in [0.15, 0.2) is 61.7 Å². The molecular formula is C30H31N13. The lowest BCUT2D eigenvalue weighted by Gasteiger charge is -2.13. The third-order valence-corrected chi connectivity index (χ3v) is 7.65. The Bertz CT molecular complexity index is 2100. The number of nitrogens with zero attached hydrogens (tertiary/aromatic N) is 9. The van der Waals surface area contributed by atoms with E-state index < -0.39 is 0 Å². The zero-order chi connectivity index (χ0) is 29.3. The molecule has 5 heterocycles. The Morgan fingerprint density at radius 2 is 1.21 bits per heavy atom. The molecule has 2 aromatic carbocycles. The standard InChI is InChI=1S/C30H31N13/c1-18-23-12-19(33-8-2-10-42-16-39-25-27(31)35-14-37-29(25)42)4-6-21(23)22-7-5-20(13-24(22)41-18)34-9-3-11-43-17-40-26-28(32)36-15-38-30(26)43/h4-7,12-17,33-34H,2-3,8-11H2,1H3,(H2,31,35,37)(H2,32,36,38). The summed E-state index contributed by atoms with van der Waals surface area (Å²) in [7, 11) is 0. The Morgan fingerprint density at radius 3 is 1.81 bits per heavy atom. The Hall–Kier alpha value is -5.59. The molecule has 0 amide bonds. The molecule has 0 unspecified atom stereocenters. The zero-order valence-electron chi connectivity index (χ0n) is 23.7. The Kier molecular flexibility index (Phi) is 6.74. The van der Waals surface area contributed by atoms with Gasteiger partial charge in [0, 0.05) is 54.0 Å². The summed E-state index contributed by atoms with van der Waals surface area (Å²) in [5.74, 6) is 0.805. The van der Waals surface area contributed by atoms with E-state index in [1.807, 2.05) is 9.13 Å². The summed E-state index contributed by atoms with van der Waals surface area (Å²) in [4.78, 5) is 30.3. The van der Waals surface area contributed by atoms with Crippen molar-refractivity contribution in [1.29, 1.82) is 0 Å². The molecule has 0 radical (unpaired) electrons. The van der Waals surface area contributed by atoms with Gasteiger partial charge in [0.05, 0.1) is 18.2 Å². The van der Waals surface area contributed by atoms with Crippen molar-refractivity contribution < 1.29 is 0 Å². The number of fused-ring (bicyclic) bond motifs is 5. The molecule has 43 heavy (non-hydrogen) atoms. The number of benzene rings is 2. The summed E-state index contributed by atoms with van der Waals surface area (Å²) < 4.78 is 4.01. The minimum absolute atomic E-state index is 0.402. The molecule has 7 rings (SSSR count). The van der Waals surface area contributed by atoms with Crippen LogP contribution in [0.5, 0.6) is 0 Å². The van der Waals surface area contributed by atoms with E-state index in [2.05, 4.69) is 83.9 Å². The van der Waals surface area contributed by atoms with E-state index in [0.717, 1.165) is 83.7 Å². The van der Waals surface area contributed by atoms with Gasteiger partial charge in [0.15, 0.2) is 22.9 Å². The van der Waals surface area contributed by atoms with Crippen LogP contribution in [-0.4, -0.2) is 57.1 Å². The highest BCUT2D eigenvalue weighted by Crippen LogP contribution is 2.30. The van der Waals surface area contributed by atoms with Crippen molar-refractivity contribution in [2.75, 3.05) is 35.2 Å². The Balaban J connectivity index is 0.982. The minimum atomic E-state index is 0.402. The van der Waals surface area contributed by atoms with Crippen LogP contribution in [-0.2, 0) is 13.1 Å². The van der Waals surface area contributed by atoms with E-state index in [0.29, 0.717) is 22.7 Å². The third kappa shape index (κ3) is 5.05. The second kappa shape index (κ2) is 11.0. The highest BCUT2D eigenvalue weighted by Gasteiger charge is 2.10. The van der Waals surface area contributed by atoms with Crippen LogP contribution >= 0.6 is 0 Å². The maximum atomic E-state index is 5.90. The topological polar surface area (TPSA) is 176 Å². The molecule has 216 valence electrons. The molecular weight excluding hydrogens is 542 g/mol. The fraction of sp³-hybridized carbons (Fsp3) is 0.233. The monoisotopic (exact) mass is 573 g/mol. The smallest absolute Gasteiger partial charge is 0.165 e. The number of nitrogens with two attached hydrogens (primary N) is 2. The van der Waals surface area contributed by atoms with Gasteiger partial charge in [-0.2, -0.15) is 0 Å². The van der Waals surface area contributed by atoms with E-state index >= 15 is 0 Å². The summed E-state index contributed by atoms with van der Waals surface area (Å²) in [6, 6.07) is 12.9. The Morgan fingerprint density at radius 1 is 0.651 bits per heavy atom. The van der Waals surface area contributed by atoms with Crippen LogP contribution in [0.2, 0.25) is 0 Å². The number of hydrogen-bond acceptors (Lipinski definition) is 11. The molecule has 13 heteroatoms. The second-order valence-corrected chi connectivity index (χ2v) is 10.5. The van der Waals surface area contributed by atoms with Gasteiger partial charge in [0.2, 0.25) is 0 Å². The second-order valence-electron chi connectivity index (χ2n) is 10.5. The first-order valence-electron chi connectivity index (χ1n) is 14.2. The lowest BCUT2D eigenvalue weighted by molar-refractivity contribution is 0.672. The fourth-order valence-corrected chi connectivity index (χ4v) is 5.48. The van der Waals surface area contributed by atoms with Crippen LogP contribution in [0.1, 0.15) is 18.5 Å². The first-order valence-corrected chi connectivity index (χ1v) is 14.2. The lowest BCUT2D eigenvalue weighted by Crippen LogP contribution is -2.07. The average Bonchev–Trinajstić information content (AvgIpc) is 3.63.